The number of halogens is 1. The fourth-order valence-corrected chi connectivity index (χ4v) is 2.71. The van der Waals surface area contributed by atoms with Crippen LogP contribution in [0.5, 0.6) is 0 Å². The van der Waals surface area contributed by atoms with Crippen LogP contribution in [0.1, 0.15) is 30.5 Å². The van der Waals surface area contributed by atoms with Crippen LogP contribution in [0.4, 0.5) is 0 Å². The van der Waals surface area contributed by atoms with E-state index in [0.29, 0.717) is 6.54 Å². The molecule has 0 bridgehead atoms. The Morgan fingerprint density at radius 3 is 1.96 bits per heavy atom. The Morgan fingerprint density at radius 1 is 1.09 bits per heavy atom. The molecule has 2 aromatic carbocycles. The molecular formula is C19H19ClN2O. The van der Waals surface area contributed by atoms with Crippen LogP contribution in [0.2, 0.25) is 0 Å². The van der Waals surface area contributed by atoms with Gasteiger partial charge in [0.25, 0.3) is 0 Å². The van der Waals surface area contributed by atoms with Crippen molar-refractivity contribution in [2.24, 2.45) is 0 Å². The van der Waals surface area contributed by atoms with E-state index in [1.54, 1.807) is 11.8 Å². The van der Waals surface area contributed by atoms with Gasteiger partial charge in [0.05, 0.1) is 18.5 Å². The number of carbonyl (C=O) groups is 1. The first-order valence-electron chi connectivity index (χ1n) is 7.56. The van der Waals surface area contributed by atoms with Crippen molar-refractivity contribution in [3.05, 3.63) is 71.8 Å². The van der Waals surface area contributed by atoms with Gasteiger partial charge in [-0.2, -0.15) is 5.26 Å². The molecule has 0 aromatic heterocycles. The summed E-state index contributed by atoms with van der Waals surface area (Å²) in [5.74, 6) is -0.167. The number of alkyl halides is 1. The maximum Gasteiger partial charge on any atom is 0.241 e. The minimum absolute atomic E-state index is 0.167. The quantitative estimate of drug-likeness (QED) is 0.749. The molecule has 3 nitrogen and oxygen atoms in total. The van der Waals surface area contributed by atoms with E-state index in [0.717, 1.165) is 11.1 Å². The molecule has 0 aliphatic carbocycles. The van der Waals surface area contributed by atoms with E-state index in [9.17, 15) is 4.79 Å². The van der Waals surface area contributed by atoms with Gasteiger partial charge in [-0.3, -0.25) is 4.79 Å². The number of hydrogen-bond acceptors (Lipinski definition) is 2. The summed E-state index contributed by atoms with van der Waals surface area (Å²) < 4.78 is 0. The van der Waals surface area contributed by atoms with Crippen LogP contribution in [0.25, 0.3) is 0 Å². The van der Waals surface area contributed by atoms with Crippen LogP contribution in [-0.4, -0.2) is 22.7 Å². The van der Waals surface area contributed by atoms with E-state index >= 15 is 0 Å². The van der Waals surface area contributed by atoms with Crippen LogP contribution < -0.4 is 0 Å². The second kappa shape index (κ2) is 8.36. The third kappa shape index (κ3) is 4.34. The molecule has 1 amide bonds. The van der Waals surface area contributed by atoms with E-state index in [4.69, 9.17) is 16.9 Å². The lowest BCUT2D eigenvalue weighted by Gasteiger charge is -2.33. The van der Waals surface area contributed by atoms with Gasteiger partial charge in [-0.1, -0.05) is 60.7 Å². The van der Waals surface area contributed by atoms with Gasteiger partial charge in [0.1, 0.15) is 5.38 Å². The molecule has 4 heteroatoms. The molecule has 0 spiro atoms. The average molecular weight is 327 g/mol. The number of amides is 1. The van der Waals surface area contributed by atoms with Gasteiger partial charge in [-0.25, -0.2) is 0 Å². The highest BCUT2D eigenvalue weighted by molar-refractivity contribution is 6.30. The van der Waals surface area contributed by atoms with Gasteiger partial charge in [0.15, 0.2) is 0 Å². The third-order valence-corrected chi connectivity index (χ3v) is 3.82. The van der Waals surface area contributed by atoms with Crippen LogP contribution in [0, 0.1) is 11.3 Å². The second-order valence-electron chi connectivity index (χ2n) is 5.28. The zero-order valence-corrected chi connectivity index (χ0v) is 13.8. The SMILES string of the molecule is CC(Cl)C(=O)N(CCC#N)C(c1ccccc1)c1ccccc1. The molecule has 23 heavy (non-hydrogen) atoms. The van der Waals surface area contributed by atoms with Crippen LogP contribution in [-0.2, 0) is 4.79 Å². The lowest BCUT2D eigenvalue weighted by molar-refractivity contribution is -0.132. The lowest BCUT2D eigenvalue weighted by atomic mass is 9.96. The van der Waals surface area contributed by atoms with Crippen molar-refractivity contribution in [2.75, 3.05) is 6.54 Å². The molecular weight excluding hydrogens is 308 g/mol. The molecule has 2 aromatic rings. The molecule has 0 aliphatic heterocycles. The molecule has 0 aliphatic rings. The van der Waals surface area contributed by atoms with Crippen molar-refractivity contribution in [1.29, 1.82) is 5.26 Å². The van der Waals surface area contributed by atoms with Crippen molar-refractivity contribution in [1.82, 2.24) is 4.90 Å². The van der Waals surface area contributed by atoms with Crippen molar-refractivity contribution in [3.63, 3.8) is 0 Å². The Balaban J connectivity index is 2.49. The van der Waals surface area contributed by atoms with Crippen molar-refractivity contribution >= 4 is 17.5 Å². The number of hydrogen-bond donors (Lipinski definition) is 0. The summed E-state index contributed by atoms with van der Waals surface area (Å²) in [5, 5.41) is 8.30. The molecule has 118 valence electrons. The summed E-state index contributed by atoms with van der Waals surface area (Å²) in [6.45, 7) is 2.01. The van der Waals surface area contributed by atoms with E-state index in [1.807, 2.05) is 60.7 Å². The first-order valence-corrected chi connectivity index (χ1v) is 8.00. The van der Waals surface area contributed by atoms with Gasteiger partial charge in [0.2, 0.25) is 5.91 Å². The molecule has 0 N–H and O–H groups in total. The summed E-state index contributed by atoms with van der Waals surface area (Å²) in [7, 11) is 0. The highest BCUT2D eigenvalue weighted by Crippen LogP contribution is 2.29. The Hall–Kier alpha value is -2.31. The van der Waals surface area contributed by atoms with Gasteiger partial charge in [0, 0.05) is 6.54 Å². The monoisotopic (exact) mass is 326 g/mol. The van der Waals surface area contributed by atoms with Gasteiger partial charge in [-0.15, -0.1) is 11.6 Å². The fourth-order valence-electron chi connectivity index (χ4n) is 2.59. The number of nitrogens with zero attached hydrogens (tertiary/aromatic N) is 2. The maximum absolute atomic E-state index is 12.6. The third-order valence-electron chi connectivity index (χ3n) is 3.63. The number of benzene rings is 2. The first-order chi connectivity index (χ1) is 11.1. The molecule has 0 saturated carbocycles. The lowest BCUT2D eigenvalue weighted by Crippen LogP contribution is -2.40. The molecule has 0 radical (unpaired) electrons. The zero-order valence-electron chi connectivity index (χ0n) is 13.0. The largest absolute Gasteiger partial charge is 0.329 e. The van der Waals surface area contributed by atoms with E-state index in [-0.39, 0.29) is 18.4 Å². The molecule has 0 heterocycles. The van der Waals surface area contributed by atoms with Crippen LogP contribution in [0.15, 0.2) is 60.7 Å². The minimum atomic E-state index is -0.636. The number of rotatable bonds is 6. The summed E-state index contributed by atoms with van der Waals surface area (Å²) in [4.78, 5) is 14.3. The molecule has 1 atom stereocenters. The fraction of sp³-hybridized carbons (Fsp3) is 0.263. The maximum atomic E-state index is 12.6. The molecule has 1 unspecified atom stereocenters. The Labute approximate surface area is 142 Å². The van der Waals surface area contributed by atoms with Crippen LogP contribution >= 0.6 is 11.6 Å². The highest BCUT2D eigenvalue weighted by atomic mass is 35.5. The van der Waals surface area contributed by atoms with Crippen molar-refractivity contribution in [2.45, 2.75) is 24.8 Å². The predicted molar refractivity (Wildman–Crippen MR) is 92.0 cm³/mol. The van der Waals surface area contributed by atoms with E-state index in [2.05, 4.69) is 6.07 Å². The average Bonchev–Trinajstić information content (AvgIpc) is 2.59. The highest BCUT2D eigenvalue weighted by Gasteiger charge is 2.28. The first kappa shape index (κ1) is 17.1. The number of nitriles is 1. The van der Waals surface area contributed by atoms with Gasteiger partial charge >= 0.3 is 0 Å². The number of carbonyl (C=O) groups excluding carboxylic acids is 1. The summed E-state index contributed by atoms with van der Waals surface area (Å²) >= 11 is 6.05. The second-order valence-corrected chi connectivity index (χ2v) is 5.93. The summed E-state index contributed by atoms with van der Waals surface area (Å²) in [5.41, 5.74) is 2.00. The zero-order chi connectivity index (χ0) is 16.7. The van der Waals surface area contributed by atoms with Crippen molar-refractivity contribution in [3.8, 4) is 6.07 Å². The Morgan fingerprint density at radius 2 is 1.57 bits per heavy atom. The summed E-state index contributed by atoms with van der Waals surface area (Å²) in [6, 6.07) is 21.5. The topological polar surface area (TPSA) is 44.1 Å². The molecule has 0 saturated heterocycles. The van der Waals surface area contributed by atoms with E-state index in [1.165, 1.54) is 0 Å². The molecule has 2 rings (SSSR count). The molecule has 0 fully saturated rings. The van der Waals surface area contributed by atoms with Gasteiger partial charge in [-0.05, 0) is 18.1 Å². The van der Waals surface area contributed by atoms with Crippen LogP contribution in [0.3, 0.4) is 0 Å². The Kier molecular flexibility index (Phi) is 6.19. The predicted octanol–water partition coefficient (Wildman–Crippen LogP) is 4.15. The minimum Gasteiger partial charge on any atom is -0.329 e. The normalized spacial score (nSPS) is 11.7. The summed E-state index contributed by atoms with van der Waals surface area (Å²) in [6.07, 6.45) is 0.269. The standard InChI is InChI=1S/C19H19ClN2O/c1-15(20)19(23)22(14-8-13-21)18(16-9-4-2-5-10-16)17-11-6-3-7-12-17/h2-7,9-12,15,18H,8,14H2,1H3. The van der Waals surface area contributed by atoms with Crippen molar-refractivity contribution < 1.29 is 4.79 Å². The smallest absolute Gasteiger partial charge is 0.241 e. The van der Waals surface area contributed by atoms with E-state index < -0.39 is 5.38 Å². The Bertz CT molecular complexity index is 625. The van der Waals surface area contributed by atoms with Gasteiger partial charge < -0.3 is 4.90 Å².